The van der Waals surface area contributed by atoms with Crippen molar-refractivity contribution in [2.45, 2.75) is 32.1 Å². The van der Waals surface area contributed by atoms with Crippen molar-refractivity contribution < 1.29 is 9.18 Å². The maximum absolute atomic E-state index is 13.3. The number of amides is 1. The number of halogens is 1. The van der Waals surface area contributed by atoms with Crippen LogP contribution in [0.15, 0.2) is 24.3 Å². The summed E-state index contributed by atoms with van der Waals surface area (Å²) in [5, 5.41) is 2.76. The van der Waals surface area contributed by atoms with Crippen LogP contribution in [0.5, 0.6) is 0 Å². The van der Waals surface area contributed by atoms with Crippen LogP contribution in [0.4, 0.5) is 4.39 Å². The van der Waals surface area contributed by atoms with Crippen molar-refractivity contribution in [2.24, 2.45) is 5.92 Å². The van der Waals surface area contributed by atoms with E-state index in [0.29, 0.717) is 17.9 Å². The zero-order valence-corrected chi connectivity index (χ0v) is 10.9. The summed E-state index contributed by atoms with van der Waals surface area (Å²) in [5.41, 5.74) is 0.368. The fourth-order valence-corrected chi connectivity index (χ4v) is 2.39. The second-order valence-electron chi connectivity index (χ2n) is 4.91. The molecule has 19 heavy (non-hydrogen) atoms. The van der Waals surface area contributed by atoms with Crippen LogP contribution in [0, 0.1) is 23.6 Å². The van der Waals surface area contributed by atoms with Gasteiger partial charge in [0.2, 0.25) is 5.91 Å². The molecule has 0 bridgehead atoms. The highest BCUT2D eigenvalue weighted by molar-refractivity contribution is 5.76. The molecule has 0 aromatic heterocycles. The SMILES string of the molecule is O=C(CC1CCCC1)NCC#Cc1ccccc1F. The average molecular weight is 259 g/mol. The second-order valence-corrected chi connectivity index (χ2v) is 4.91. The molecular formula is C16H18FNO. The number of hydrogen-bond donors (Lipinski definition) is 1. The van der Waals surface area contributed by atoms with Crippen LogP contribution in [0.2, 0.25) is 0 Å². The summed E-state index contributed by atoms with van der Waals surface area (Å²) < 4.78 is 13.3. The maximum atomic E-state index is 13.3. The molecule has 0 heterocycles. The van der Waals surface area contributed by atoms with Gasteiger partial charge in [-0.3, -0.25) is 4.79 Å². The van der Waals surface area contributed by atoms with Crippen molar-refractivity contribution >= 4 is 5.91 Å². The molecule has 1 aromatic rings. The van der Waals surface area contributed by atoms with E-state index in [4.69, 9.17) is 0 Å². The molecule has 0 radical (unpaired) electrons. The molecule has 1 saturated carbocycles. The molecule has 3 heteroatoms. The normalized spacial score (nSPS) is 14.8. The Morgan fingerprint density at radius 3 is 2.79 bits per heavy atom. The van der Waals surface area contributed by atoms with Gasteiger partial charge < -0.3 is 5.32 Å². The van der Waals surface area contributed by atoms with E-state index in [0.717, 1.165) is 12.8 Å². The Balaban J connectivity index is 1.74. The van der Waals surface area contributed by atoms with E-state index < -0.39 is 0 Å². The number of benzene rings is 1. The monoisotopic (exact) mass is 259 g/mol. The molecular weight excluding hydrogens is 241 g/mol. The Morgan fingerprint density at radius 1 is 1.32 bits per heavy atom. The minimum absolute atomic E-state index is 0.0507. The fraction of sp³-hybridized carbons (Fsp3) is 0.438. The lowest BCUT2D eigenvalue weighted by atomic mass is 10.0. The Labute approximate surface area is 113 Å². The fourth-order valence-electron chi connectivity index (χ4n) is 2.39. The zero-order chi connectivity index (χ0) is 13.5. The molecule has 0 atom stereocenters. The number of nitrogens with one attached hydrogen (secondary N) is 1. The second kappa shape index (κ2) is 6.94. The zero-order valence-electron chi connectivity index (χ0n) is 10.9. The van der Waals surface area contributed by atoms with Gasteiger partial charge in [-0.05, 0) is 30.9 Å². The van der Waals surface area contributed by atoms with Crippen LogP contribution in [-0.4, -0.2) is 12.5 Å². The standard InChI is InChI=1S/C16H18FNO/c17-15-10-4-3-8-14(15)9-5-11-18-16(19)12-13-6-1-2-7-13/h3-4,8,10,13H,1-2,6-7,11-12H2,(H,18,19). The molecule has 1 fully saturated rings. The number of carbonyl (C=O) groups excluding carboxylic acids is 1. The first-order valence-electron chi connectivity index (χ1n) is 6.76. The van der Waals surface area contributed by atoms with E-state index in [9.17, 15) is 9.18 Å². The van der Waals surface area contributed by atoms with Gasteiger partial charge in [-0.2, -0.15) is 0 Å². The Bertz CT molecular complexity index is 495. The summed E-state index contributed by atoms with van der Waals surface area (Å²) >= 11 is 0. The Kier molecular flexibility index (Phi) is 4.97. The molecule has 0 unspecified atom stereocenters. The lowest BCUT2D eigenvalue weighted by Gasteiger charge is -2.07. The first kappa shape index (κ1) is 13.6. The van der Waals surface area contributed by atoms with Gasteiger partial charge in [0.25, 0.3) is 0 Å². The summed E-state index contributed by atoms with van der Waals surface area (Å²) in [6, 6.07) is 6.38. The lowest BCUT2D eigenvalue weighted by molar-refractivity contribution is -0.121. The molecule has 1 N–H and O–H groups in total. The van der Waals surface area contributed by atoms with Gasteiger partial charge in [0.15, 0.2) is 0 Å². The Hall–Kier alpha value is -1.82. The molecule has 1 aromatic carbocycles. The van der Waals surface area contributed by atoms with Crippen LogP contribution in [0.1, 0.15) is 37.7 Å². The molecule has 0 aliphatic heterocycles. The van der Waals surface area contributed by atoms with Crippen LogP contribution in [0.3, 0.4) is 0 Å². The lowest BCUT2D eigenvalue weighted by Crippen LogP contribution is -2.25. The first-order valence-corrected chi connectivity index (χ1v) is 6.76. The highest BCUT2D eigenvalue weighted by Gasteiger charge is 2.17. The van der Waals surface area contributed by atoms with Gasteiger partial charge in [0.1, 0.15) is 5.82 Å². The first-order chi connectivity index (χ1) is 9.25. The van der Waals surface area contributed by atoms with Gasteiger partial charge in [-0.1, -0.05) is 36.8 Å². The van der Waals surface area contributed by atoms with Crippen molar-refractivity contribution in [2.75, 3.05) is 6.54 Å². The largest absolute Gasteiger partial charge is 0.345 e. The summed E-state index contributed by atoms with van der Waals surface area (Å²) in [6.45, 7) is 0.278. The highest BCUT2D eigenvalue weighted by atomic mass is 19.1. The van der Waals surface area contributed by atoms with Crippen molar-refractivity contribution in [3.63, 3.8) is 0 Å². The van der Waals surface area contributed by atoms with E-state index in [2.05, 4.69) is 17.2 Å². The van der Waals surface area contributed by atoms with Gasteiger partial charge in [0.05, 0.1) is 12.1 Å². The molecule has 2 nitrogen and oxygen atoms in total. The highest BCUT2D eigenvalue weighted by Crippen LogP contribution is 2.27. The van der Waals surface area contributed by atoms with Crippen molar-refractivity contribution in [3.8, 4) is 11.8 Å². The van der Waals surface area contributed by atoms with Crippen molar-refractivity contribution in [3.05, 3.63) is 35.6 Å². The van der Waals surface area contributed by atoms with Crippen LogP contribution in [0.25, 0.3) is 0 Å². The summed E-state index contributed by atoms with van der Waals surface area (Å²) in [7, 11) is 0. The summed E-state index contributed by atoms with van der Waals surface area (Å²) in [6.07, 6.45) is 5.40. The van der Waals surface area contributed by atoms with Crippen LogP contribution in [-0.2, 0) is 4.79 Å². The third-order valence-corrected chi connectivity index (χ3v) is 3.42. The molecule has 1 aliphatic rings. The van der Waals surface area contributed by atoms with E-state index >= 15 is 0 Å². The quantitative estimate of drug-likeness (QED) is 0.831. The van der Waals surface area contributed by atoms with E-state index in [1.165, 1.54) is 18.9 Å². The average Bonchev–Trinajstić information content (AvgIpc) is 2.89. The molecule has 1 amide bonds. The van der Waals surface area contributed by atoms with Crippen LogP contribution < -0.4 is 5.32 Å². The number of hydrogen-bond acceptors (Lipinski definition) is 1. The summed E-state index contributed by atoms with van der Waals surface area (Å²) in [5.74, 6) is 5.76. The maximum Gasteiger partial charge on any atom is 0.221 e. The molecule has 0 spiro atoms. The topological polar surface area (TPSA) is 29.1 Å². The number of rotatable bonds is 3. The van der Waals surface area contributed by atoms with Crippen molar-refractivity contribution in [1.29, 1.82) is 0 Å². The molecule has 1 aliphatic carbocycles. The third kappa shape index (κ3) is 4.40. The van der Waals surface area contributed by atoms with Crippen molar-refractivity contribution in [1.82, 2.24) is 5.32 Å². The van der Waals surface area contributed by atoms with Gasteiger partial charge in [-0.25, -0.2) is 4.39 Å². The smallest absolute Gasteiger partial charge is 0.221 e. The van der Waals surface area contributed by atoms with E-state index in [1.807, 2.05) is 0 Å². The third-order valence-electron chi connectivity index (χ3n) is 3.42. The van der Waals surface area contributed by atoms with E-state index in [-0.39, 0.29) is 18.3 Å². The Morgan fingerprint density at radius 2 is 2.05 bits per heavy atom. The van der Waals surface area contributed by atoms with E-state index in [1.54, 1.807) is 18.2 Å². The predicted molar refractivity (Wildman–Crippen MR) is 72.9 cm³/mol. The number of carbonyl (C=O) groups is 1. The predicted octanol–water partition coefficient (Wildman–Crippen LogP) is 2.87. The minimum atomic E-state index is -0.327. The van der Waals surface area contributed by atoms with Gasteiger partial charge in [0, 0.05) is 6.42 Å². The van der Waals surface area contributed by atoms with Gasteiger partial charge >= 0.3 is 0 Å². The molecule has 0 saturated heterocycles. The summed E-state index contributed by atoms with van der Waals surface area (Å²) in [4.78, 5) is 11.6. The van der Waals surface area contributed by atoms with Crippen LogP contribution >= 0.6 is 0 Å². The minimum Gasteiger partial charge on any atom is -0.345 e. The molecule has 100 valence electrons. The van der Waals surface area contributed by atoms with Gasteiger partial charge in [-0.15, -0.1) is 0 Å². The molecule has 2 rings (SSSR count).